The van der Waals surface area contributed by atoms with Gasteiger partial charge in [0.2, 0.25) is 11.8 Å². The minimum absolute atomic E-state index is 0.0107. The minimum atomic E-state index is -0.701. The maximum absolute atomic E-state index is 13.2. The summed E-state index contributed by atoms with van der Waals surface area (Å²) in [5.74, 6) is -0.493. The number of anilines is 1. The van der Waals surface area contributed by atoms with E-state index >= 15 is 0 Å². The first kappa shape index (κ1) is 22.9. The monoisotopic (exact) mass is 410 g/mol. The number of nitrogens with two attached hydrogens (primary N) is 1. The van der Waals surface area contributed by atoms with Gasteiger partial charge >= 0.3 is 6.03 Å². The second kappa shape index (κ2) is 11.0. The first-order valence-electron chi connectivity index (χ1n) is 10.1. The van der Waals surface area contributed by atoms with Crippen molar-refractivity contribution in [3.05, 3.63) is 65.7 Å². The molecule has 0 aliphatic rings. The van der Waals surface area contributed by atoms with Gasteiger partial charge in [-0.15, -0.1) is 0 Å². The average molecular weight is 411 g/mol. The van der Waals surface area contributed by atoms with Crippen LogP contribution in [0.4, 0.5) is 10.5 Å². The van der Waals surface area contributed by atoms with E-state index in [9.17, 15) is 14.4 Å². The van der Waals surface area contributed by atoms with Crippen LogP contribution in [0.5, 0.6) is 0 Å². The third-order valence-electron chi connectivity index (χ3n) is 4.93. The van der Waals surface area contributed by atoms with Crippen molar-refractivity contribution in [2.45, 2.75) is 45.7 Å². The number of rotatable bonds is 9. The van der Waals surface area contributed by atoms with Gasteiger partial charge in [0.15, 0.2) is 0 Å². The predicted molar refractivity (Wildman–Crippen MR) is 118 cm³/mol. The number of carbonyl (C=O) groups is 3. The van der Waals surface area contributed by atoms with E-state index in [-0.39, 0.29) is 18.2 Å². The molecule has 4 amide bonds. The number of benzene rings is 2. The highest BCUT2D eigenvalue weighted by atomic mass is 16.2. The summed E-state index contributed by atoms with van der Waals surface area (Å²) in [5, 5.41) is 5.50. The van der Waals surface area contributed by atoms with Crippen LogP contribution in [0.25, 0.3) is 0 Å². The second-order valence-corrected chi connectivity index (χ2v) is 7.24. The highest BCUT2D eigenvalue weighted by molar-refractivity contribution is 5.97. The van der Waals surface area contributed by atoms with Crippen LogP contribution >= 0.6 is 0 Å². The zero-order valence-corrected chi connectivity index (χ0v) is 17.7. The number of aryl methyl sites for hydroxylation is 1. The van der Waals surface area contributed by atoms with Gasteiger partial charge in [-0.3, -0.25) is 9.59 Å². The molecule has 2 aromatic rings. The molecule has 2 unspecified atom stereocenters. The van der Waals surface area contributed by atoms with Crippen molar-refractivity contribution in [2.24, 2.45) is 5.73 Å². The summed E-state index contributed by atoms with van der Waals surface area (Å²) in [6.45, 7) is 5.99. The molecule has 0 saturated carbocycles. The third kappa shape index (κ3) is 6.34. The Hall–Kier alpha value is -3.35. The van der Waals surface area contributed by atoms with Crippen LogP contribution < -0.4 is 16.4 Å². The molecule has 0 spiro atoms. The lowest BCUT2D eigenvalue weighted by molar-refractivity contribution is -0.138. The molecule has 7 heteroatoms. The van der Waals surface area contributed by atoms with E-state index in [2.05, 4.69) is 10.6 Å². The zero-order chi connectivity index (χ0) is 22.1. The number of nitrogens with zero attached hydrogens (tertiary/aromatic N) is 1. The Morgan fingerprint density at radius 1 is 1.03 bits per heavy atom. The highest BCUT2D eigenvalue weighted by Gasteiger charge is 2.28. The summed E-state index contributed by atoms with van der Waals surface area (Å²) in [6.07, 6.45) is 0.712. The van der Waals surface area contributed by atoms with Crippen molar-refractivity contribution in [1.29, 1.82) is 0 Å². The predicted octanol–water partition coefficient (Wildman–Crippen LogP) is 3.36. The third-order valence-corrected chi connectivity index (χ3v) is 4.93. The number of amides is 4. The first-order valence-corrected chi connectivity index (χ1v) is 10.1. The molecule has 160 valence electrons. The smallest absolute Gasteiger partial charge is 0.312 e. The van der Waals surface area contributed by atoms with Gasteiger partial charge in [0.25, 0.3) is 0 Å². The number of hydrogen-bond acceptors (Lipinski definition) is 3. The SMILES string of the molecule is CCCN(C(=O)CC(NC(N)=O)c1ccccc1C)C(C)C(=O)Nc1ccccc1. The first-order chi connectivity index (χ1) is 14.3. The van der Waals surface area contributed by atoms with Crippen molar-refractivity contribution in [3.8, 4) is 0 Å². The fraction of sp³-hybridized carbons (Fsp3) is 0.348. The van der Waals surface area contributed by atoms with Crippen molar-refractivity contribution >= 4 is 23.5 Å². The molecule has 7 nitrogen and oxygen atoms in total. The van der Waals surface area contributed by atoms with Gasteiger partial charge in [0, 0.05) is 12.2 Å². The summed E-state index contributed by atoms with van der Waals surface area (Å²) in [4.78, 5) is 39.0. The van der Waals surface area contributed by atoms with Crippen molar-refractivity contribution < 1.29 is 14.4 Å². The number of para-hydroxylation sites is 1. The van der Waals surface area contributed by atoms with E-state index in [1.807, 2.05) is 56.3 Å². The number of carbonyl (C=O) groups excluding carboxylic acids is 3. The molecule has 30 heavy (non-hydrogen) atoms. The Morgan fingerprint density at radius 3 is 2.27 bits per heavy atom. The van der Waals surface area contributed by atoms with E-state index in [0.29, 0.717) is 18.7 Å². The van der Waals surface area contributed by atoms with Gasteiger partial charge in [-0.25, -0.2) is 4.79 Å². The van der Waals surface area contributed by atoms with E-state index in [4.69, 9.17) is 5.73 Å². The lowest BCUT2D eigenvalue weighted by Gasteiger charge is -2.30. The molecule has 0 aliphatic carbocycles. The highest BCUT2D eigenvalue weighted by Crippen LogP contribution is 2.22. The molecule has 2 rings (SSSR count). The van der Waals surface area contributed by atoms with Crippen LogP contribution in [0.15, 0.2) is 54.6 Å². The second-order valence-electron chi connectivity index (χ2n) is 7.24. The molecular formula is C23H30N4O3. The minimum Gasteiger partial charge on any atom is -0.352 e. The lowest BCUT2D eigenvalue weighted by Crippen LogP contribution is -2.47. The molecule has 2 atom stereocenters. The molecule has 0 heterocycles. The molecular weight excluding hydrogens is 380 g/mol. The van der Waals surface area contributed by atoms with E-state index in [1.54, 1.807) is 24.0 Å². The maximum atomic E-state index is 13.2. The zero-order valence-electron chi connectivity index (χ0n) is 17.7. The lowest BCUT2D eigenvalue weighted by atomic mass is 9.98. The normalized spacial score (nSPS) is 12.5. The van der Waals surface area contributed by atoms with Crippen LogP contribution in [0.3, 0.4) is 0 Å². The van der Waals surface area contributed by atoms with E-state index in [0.717, 1.165) is 11.1 Å². The Balaban J connectivity index is 2.18. The fourth-order valence-electron chi connectivity index (χ4n) is 3.37. The Labute approximate surface area is 177 Å². The molecule has 2 aromatic carbocycles. The number of nitrogens with one attached hydrogen (secondary N) is 2. The van der Waals surface area contributed by atoms with Gasteiger partial charge in [0.1, 0.15) is 6.04 Å². The number of hydrogen-bond donors (Lipinski definition) is 3. The largest absolute Gasteiger partial charge is 0.352 e. The molecule has 0 aromatic heterocycles. The van der Waals surface area contributed by atoms with Crippen LogP contribution in [0, 0.1) is 6.92 Å². The van der Waals surface area contributed by atoms with Gasteiger partial charge < -0.3 is 21.3 Å². The van der Waals surface area contributed by atoms with Crippen LogP contribution in [0.2, 0.25) is 0 Å². The molecule has 0 radical (unpaired) electrons. The summed E-state index contributed by atoms with van der Waals surface area (Å²) < 4.78 is 0. The summed E-state index contributed by atoms with van der Waals surface area (Å²) >= 11 is 0. The van der Waals surface area contributed by atoms with Crippen molar-refractivity contribution in [3.63, 3.8) is 0 Å². The average Bonchev–Trinajstić information content (AvgIpc) is 2.71. The quantitative estimate of drug-likeness (QED) is 0.590. The summed E-state index contributed by atoms with van der Waals surface area (Å²) in [7, 11) is 0. The Kier molecular flexibility index (Phi) is 8.41. The van der Waals surface area contributed by atoms with Gasteiger partial charge in [-0.2, -0.15) is 0 Å². The Morgan fingerprint density at radius 2 is 1.67 bits per heavy atom. The van der Waals surface area contributed by atoms with Gasteiger partial charge in [-0.05, 0) is 43.5 Å². The van der Waals surface area contributed by atoms with Gasteiger partial charge in [0.05, 0.1) is 12.5 Å². The van der Waals surface area contributed by atoms with Gasteiger partial charge in [-0.1, -0.05) is 49.4 Å². The molecule has 4 N–H and O–H groups in total. The van der Waals surface area contributed by atoms with E-state index in [1.165, 1.54) is 0 Å². The maximum Gasteiger partial charge on any atom is 0.312 e. The summed E-state index contributed by atoms with van der Waals surface area (Å²) in [6, 6.07) is 14.7. The standard InChI is InChI=1S/C23H30N4O3/c1-4-14-27(17(3)22(29)25-18-11-6-5-7-12-18)21(28)15-20(26-23(24)30)19-13-9-8-10-16(19)2/h5-13,17,20H,4,14-15H2,1-3H3,(H,25,29)(H3,24,26,30). The summed E-state index contributed by atoms with van der Waals surface area (Å²) in [5.41, 5.74) is 7.79. The number of primary amides is 1. The fourth-order valence-corrected chi connectivity index (χ4v) is 3.37. The molecule has 0 bridgehead atoms. The van der Waals surface area contributed by atoms with Crippen molar-refractivity contribution in [1.82, 2.24) is 10.2 Å². The molecule has 0 fully saturated rings. The number of urea groups is 1. The van der Waals surface area contributed by atoms with Crippen LogP contribution in [-0.2, 0) is 9.59 Å². The van der Waals surface area contributed by atoms with Crippen LogP contribution in [0.1, 0.15) is 43.9 Å². The van der Waals surface area contributed by atoms with Crippen molar-refractivity contribution in [2.75, 3.05) is 11.9 Å². The molecule has 0 aliphatic heterocycles. The van der Waals surface area contributed by atoms with E-state index < -0.39 is 18.1 Å². The Bertz CT molecular complexity index is 870. The van der Waals surface area contributed by atoms with Crippen LogP contribution in [-0.4, -0.2) is 35.3 Å². The molecule has 0 saturated heterocycles. The topological polar surface area (TPSA) is 105 Å².